The molecule has 66 valence electrons. The van der Waals surface area contributed by atoms with Gasteiger partial charge in [0, 0.05) is 0 Å². The lowest BCUT2D eigenvalue weighted by molar-refractivity contribution is -0.191. The van der Waals surface area contributed by atoms with Gasteiger partial charge in [-0.05, 0) is 13.3 Å². The summed E-state index contributed by atoms with van der Waals surface area (Å²) in [6, 6.07) is 0. The van der Waals surface area contributed by atoms with E-state index in [-0.39, 0.29) is 6.42 Å². The number of halogens is 3. The Morgan fingerprint density at radius 2 is 1.91 bits per heavy atom. The molecule has 5 heteroatoms. The summed E-state index contributed by atoms with van der Waals surface area (Å²) in [7, 11) is 0. The highest BCUT2D eigenvalue weighted by Crippen LogP contribution is 2.38. The van der Waals surface area contributed by atoms with E-state index in [1.807, 2.05) is 0 Å². The minimum atomic E-state index is -4.35. The summed E-state index contributed by atoms with van der Waals surface area (Å²) in [5.41, 5.74) is -2.01. The molecule has 2 nitrogen and oxygen atoms in total. The lowest BCUT2D eigenvalue weighted by atomic mass is 9.88. The van der Waals surface area contributed by atoms with Crippen LogP contribution in [0.15, 0.2) is 5.16 Å². The summed E-state index contributed by atoms with van der Waals surface area (Å²) >= 11 is 0. The van der Waals surface area contributed by atoms with Crippen LogP contribution in [0.2, 0.25) is 0 Å². The zero-order valence-corrected chi connectivity index (χ0v) is 6.31. The summed E-state index contributed by atoms with van der Waals surface area (Å²) in [5, 5.41) is 10.4. The average Bonchev–Trinajstić information content (AvgIpc) is 1.86. The largest absolute Gasteiger partial charge is 0.411 e. The van der Waals surface area contributed by atoms with Crippen LogP contribution in [0.25, 0.3) is 0 Å². The highest BCUT2D eigenvalue weighted by atomic mass is 19.4. The average molecular weight is 169 g/mol. The van der Waals surface area contributed by atoms with E-state index in [2.05, 4.69) is 5.16 Å². The molecule has 0 fully saturated rings. The Morgan fingerprint density at radius 3 is 2.00 bits per heavy atom. The van der Waals surface area contributed by atoms with Crippen molar-refractivity contribution in [3.63, 3.8) is 0 Å². The van der Waals surface area contributed by atoms with Crippen LogP contribution in [0.1, 0.15) is 20.3 Å². The maximum atomic E-state index is 12.1. The molecule has 0 heterocycles. The molecule has 0 saturated heterocycles. The predicted molar refractivity (Wildman–Crippen MR) is 34.7 cm³/mol. The van der Waals surface area contributed by atoms with E-state index in [1.165, 1.54) is 6.92 Å². The van der Waals surface area contributed by atoms with Gasteiger partial charge in [0.1, 0.15) is 5.41 Å². The standard InChI is InChI=1S/C6H10F3NO/c1-3-5(2,4-10-11)6(7,8)9/h4,11H,3H2,1-2H3. The fourth-order valence-corrected chi connectivity index (χ4v) is 0.492. The van der Waals surface area contributed by atoms with E-state index in [1.54, 1.807) is 0 Å². The Labute approximate surface area is 62.7 Å². The van der Waals surface area contributed by atoms with Crippen molar-refractivity contribution >= 4 is 6.21 Å². The molecule has 1 N–H and O–H groups in total. The Kier molecular flexibility index (Phi) is 2.90. The molecule has 0 radical (unpaired) electrons. The van der Waals surface area contributed by atoms with Crippen LogP contribution in [0, 0.1) is 5.41 Å². The van der Waals surface area contributed by atoms with Crippen molar-refractivity contribution in [3.8, 4) is 0 Å². The van der Waals surface area contributed by atoms with E-state index in [4.69, 9.17) is 5.21 Å². The molecule has 0 aromatic carbocycles. The summed E-state index contributed by atoms with van der Waals surface area (Å²) in [6.45, 7) is 2.36. The smallest absolute Gasteiger partial charge is 0.399 e. The highest BCUT2D eigenvalue weighted by molar-refractivity contribution is 5.65. The van der Waals surface area contributed by atoms with E-state index >= 15 is 0 Å². The number of rotatable bonds is 2. The molecule has 0 saturated carbocycles. The topological polar surface area (TPSA) is 32.6 Å². The van der Waals surface area contributed by atoms with Gasteiger partial charge >= 0.3 is 6.18 Å². The van der Waals surface area contributed by atoms with Gasteiger partial charge < -0.3 is 5.21 Å². The van der Waals surface area contributed by atoms with Gasteiger partial charge in [0.15, 0.2) is 0 Å². The maximum Gasteiger partial charge on any atom is 0.399 e. The van der Waals surface area contributed by atoms with Gasteiger partial charge in [-0.3, -0.25) is 0 Å². The molecule has 0 aliphatic carbocycles. The first-order chi connectivity index (χ1) is 4.87. The molecule has 1 atom stereocenters. The second kappa shape index (κ2) is 3.11. The first kappa shape index (κ1) is 10.3. The monoisotopic (exact) mass is 169 g/mol. The minimum Gasteiger partial charge on any atom is -0.411 e. The predicted octanol–water partition coefficient (Wildman–Crippen LogP) is 2.42. The fraction of sp³-hybridized carbons (Fsp3) is 0.833. The van der Waals surface area contributed by atoms with Crippen molar-refractivity contribution in [1.82, 2.24) is 0 Å². The van der Waals surface area contributed by atoms with Crippen molar-refractivity contribution in [2.75, 3.05) is 0 Å². The Balaban J connectivity index is 4.60. The van der Waals surface area contributed by atoms with Crippen LogP contribution >= 0.6 is 0 Å². The Morgan fingerprint density at radius 1 is 1.45 bits per heavy atom. The van der Waals surface area contributed by atoms with Crippen molar-refractivity contribution in [1.29, 1.82) is 0 Å². The first-order valence-corrected chi connectivity index (χ1v) is 3.12. The number of oxime groups is 1. The van der Waals surface area contributed by atoms with E-state index in [9.17, 15) is 13.2 Å². The van der Waals surface area contributed by atoms with Crippen molar-refractivity contribution < 1.29 is 18.4 Å². The van der Waals surface area contributed by atoms with Gasteiger partial charge in [0.05, 0.1) is 6.21 Å². The van der Waals surface area contributed by atoms with Gasteiger partial charge in [0.25, 0.3) is 0 Å². The maximum absolute atomic E-state index is 12.1. The third-order valence-corrected chi connectivity index (χ3v) is 1.72. The summed E-state index contributed by atoms with van der Waals surface area (Å²) in [5.74, 6) is 0. The van der Waals surface area contributed by atoms with Crippen molar-refractivity contribution in [2.45, 2.75) is 26.4 Å². The molecule has 0 amide bonds. The highest BCUT2D eigenvalue weighted by Gasteiger charge is 2.48. The molecule has 0 aliphatic rings. The molecule has 11 heavy (non-hydrogen) atoms. The molecule has 1 unspecified atom stereocenters. The van der Waals surface area contributed by atoms with Crippen LogP contribution in [0.4, 0.5) is 13.2 Å². The van der Waals surface area contributed by atoms with Gasteiger partial charge in [-0.15, -0.1) is 5.16 Å². The molecule has 0 spiro atoms. The van der Waals surface area contributed by atoms with Crippen LogP contribution in [0.5, 0.6) is 0 Å². The normalized spacial score (nSPS) is 18.6. The van der Waals surface area contributed by atoms with Gasteiger partial charge in [-0.25, -0.2) is 0 Å². The quantitative estimate of drug-likeness (QED) is 0.384. The summed E-state index contributed by atoms with van der Waals surface area (Å²) in [6.07, 6.45) is -3.98. The van der Waals surface area contributed by atoms with Gasteiger partial charge in [-0.1, -0.05) is 6.92 Å². The van der Waals surface area contributed by atoms with E-state index < -0.39 is 11.6 Å². The number of alkyl halides is 3. The Bertz CT molecular complexity index is 154. The molecular formula is C6H10F3NO. The lowest BCUT2D eigenvalue weighted by Crippen LogP contribution is -2.35. The van der Waals surface area contributed by atoms with E-state index in [0.29, 0.717) is 6.21 Å². The first-order valence-electron chi connectivity index (χ1n) is 3.12. The van der Waals surface area contributed by atoms with Crippen LogP contribution in [0.3, 0.4) is 0 Å². The van der Waals surface area contributed by atoms with Crippen LogP contribution < -0.4 is 0 Å². The molecule has 0 rings (SSSR count). The second-order valence-electron chi connectivity index (χ2n) is 2.51. The molecular weight excluding hydrogens is 159 g/mol. The zero-order chi connectivity index (χ0) is 9.12. The molecule has 0 bridgehead atoms. The van der Waals surface area contributed by atoms with Crippen molar-refractivity contribution in [2.24, 2.45) is 10.6 Å². The summed E-state index contributed by atoms with van der Waals surface area (Å²) < 4.78 is 36.3. The Hall–Kier alpha value is -0.740. The van der Waals surface area contributed by atoms with Crippen molar-refractivity contribution in [3.05, 3.63) is 0 Å². The van der Waals surface area contributed by atoms with Crippen LogP contribution in [-0.2, 0) is 0 Å². The third kappa shape index (κ3) is 2.10. The third-order valence-electron chi connectivity index (χ3n) is 1.72. The van der Waals surface area contributed by atoms with Gasteiger partial charge in [-0.2, -0.15) is 13.2 Å². The number of hydrogen-bond donors (Lipinski definition) is 1. The molecule has 0 aromatic rings. The van der Waals surface area contributed by atoms with E-state index in [0.717, 1.165) is 6.92 Å². The van der Waals surface area contributed by atoms with Crippen LogP contribution in [-0.4, -0.2) is 17.6 Å². The number of hydrogen-bond acceptors (Lipinski definition) is 2. The summed E-state index contributed by atoms with van der Waals surface area (Å²) in [4.78, 5) is 0. The lowest BCUT2D eigenvalue weighted by Gasteiger charge is -2.25. The number of nitrogens with zero attached hydrogens (tertiary/aromatic N) is 1. The second-order valence-corrected chi connectivity index (χ2v) is 2.51. The SMILES string of the molecule is CCC(C)(C=NO)C(F)(F)F. The van der Waals surface area contributed by atoms with Gasteiger partial charge in [0.2, 0.25) is 0 Å². The molecule has 0 aliphatic heterocycles. The zero-order valence-electron chi connectivity index (χ0n) is 6.31. The molecule has 0 aromatic heterocycles. The minimum absolute atomic E-state index is 0.138. The fourth-order valence-electron chi connectivity index (χ4n) is 0.492.